The van der Waals surface area contributed by atoms with Gasteiger partial charge in [0.15, 0.2) is 7.28 Å². The third-order valence-corrected chi connectivity index (χ3v) is 4.48. The summed E-state index contributed by atoms with van der Waals surface area (Å²) in [5, 5.41) is 0. The molecule has 0 aromatic carbocycles. The van der Waals surface area contributed by atoms with Gasteiger partial charge in [-0.2, -0.15) is 0 Å². The van der Waals surface area contributed by atoms with Crippen LogP contribution in [-0.4, -0.2) is 19.2 Å². The molecular weight excluding hydrogens is 283 g/mol. The monoisotopic (exact) mass is 321 g/mol. The molecule has 0 aliphatic rings. The van der Waals surface area contributed by atoms with Gasteiger partial charge < -0.3 is 4.79 Å². The van der Waals surface area contributed by atoms with Gasteiger partial charge in [0.25, 0.3) is 0 Å². The molecule has 0 N–H and O–H groups in total. The lowest BCUT2D eigenvalue weighted by Crippen LogP contribution is -1.98. The predicted molar refractivity (Wildman–Crippen MR) is 102 cm³/mol. The highest BCUT2D eigenvalue weighted by Gasteiger charge is 2.02. The summed E-state index contributed by atoms with van der Waals surface area (Å²) in [6.45, 7) is 2.26. The molecule has 0 bridgehead atoms. The smallest absolute Gasteiger partial charge is 0.197 e. The molecule has 0 aromatic rings. The van der Waals surface area contributed by atoms with Crippen molar-refractivity contribution in [2.45, 2.75) is 116 Å². The van der Waals surface area contributed by atoms with Crippen LogP contribution in [0.1, 0.15) is 110 Å². The molecule has 0 amide bonds. The van der Waals surface area contributed by atoms with Gasteiger partial charge in [-0.25, -0.2) is 0 Å². The molecule has 2 nitrogen and oxygen atoms in total. The van der Waals surface area contributed by atoms with Crippen LogP contribution < -0.4 is 0 Å². The Labute approximate surface area is 145 Å². The Morgan fingerprint density at radius 3 is 1.61 bits per heavy atom. The van der Waals surface area contributed by atoms with Gasteiger partial charge in [0.2, 0.25) is 0 Å². The van der Waals surface area contributed by atoms with E-state index in [2.05, 4.69) is 6.92 Å². The summed E-state index contributed by atoms with van der Waals surface area (Å²) in [7, 11) is 1.66. The second-order valence-electron chi connectivity index (χ2n) is 6.80. The van der Waals surface area contributed by atoms with Crippen LogP contribution in [0.2, 0.25) is 6.32 Å². The van der Waals surface area contributed by atoms with E-state index < -0.39 is 0 Å². The van der Waals surface area contributed by atoms with E-state index in [1.165, 1.54) is 64.2 Å². The molecule has 3 heteroatoms. The molecule has 0 atom stereocenters. The highest BCUT2D eigenvalue weighted by molar-refractivity contribution is 6.66. The Morgan fingerprint density at radius 2 is 1.13 bits per heavy atom. The zero-order valence-corrected chi connectivity index (χ0v) is 15.5. The third kappa shape index (κ3) is 19.4. The average molecular weight is 321 g/mol. The first kappa shape index (κ1) is 22.4. The quantitative estimate of drug-likeness (QED) is 0.163. The summed E-state index contributed by atoms with van der Waals surface area (Å²) in [5.74, 6) is 0.431. The SMILES string of the molecule is CCCCCCCCCCCCCC(=O)CCCCC[B]C=O. The molecule has 0 aliphatic carbocycles. The van der Waals surface area contributed by atoms with E-state index in [4.69, 9.17) is 0 Å². The van der Waals surface area contributed by atoms with Gasteiger partial charge in [-0.1, -0.05) is 90.3 Å². The molecule has 0 aromatic heterocycles. The van der Waals surface area contributed by atoms with Gasteiger partial charge in [0, 0.05) is 12.8 Å². The van der Waals surface area contributed by atoms with Crippen molar-refractivity contribution in [2.75, 3.05) is 0 Å². The van der Waals surface area contributed by atoms with Crippen LogP contribution in [0, 0.1) is 0 Å². The van der Waals surface area contributed by atoms with Crippen LogP contribution in [-0.2, 0) is 9.59 Å². The van der Waals surface area contributed by atoms with Crippen LogP contribution in [0.3, 0.4) is 0 Å². The van der Waals surface area contributed by atoms with Gasteiger partial charge in [-0.05, 0) is 12.8 Å². The first-order valence-electron chi connectivity index (χ1n) is 10.1. The van der Waals surface area contributed by atoms with Crippen molar-refractivity contribution < 1.29 is 9.59 Å². The lowest BCUT2D eigenvalue weighted by atomic mass is 9.75. The van der Waals surface area contributed by atoms with Crippen molar-refractivity contribution in [1.82, 2.24) is 0 Å². The van der Waals surface area contributed by atoms with Crippen LogP contribution >= 0.6 is 0 Å². The maximum absolute atomic E-state index is 11.7. The van der Waals surface area contributed by atoms with Crippen LogP contribution in [0.25, 0.3) is 0 Å². The Balaban J connectivity index is 3.13. The zero-order valence-electron chi connectivity index (χ0n) is 15.5. The maximum atomic E-state index is 11.7. The van der Waals surface area contributed by atoms with Crippen molar-refractivity contribution in [2.24, 2.45) is 0 Å². The van der Waals surface area contributed by atoms with Gasteiger partial charge in [0.05, 0.1) is 6.19 Å². The molecule has 0 rings (SSSR count). The summed E-state index contributed by atoms with van der Waals surface area (Å²) in [5.41, 5.74) is 0. The van der Waals surface area contributed by atoms with Gasteiger partial charge in [-0.3, -0.25) is 4.79 Å². The summed E-state index contributed by atoms with van der Waals surface area (Å²) < 4.78 is 0. The molecule has 0 spiro atoms. The minimum Gasteiger partial charge on any atom is -0.316 e. The highest BCUT2D eigenvalue weighted by atomic mass is 16.1. The largest absolute Gasteiger partial charge is 0.316 e. The number of carbonyl (C=O) groups is 2. The van der Waals surface area contributed by atoms with Crippen molar-refractivity contribution in [3.05, 3.63) is 0 Å². The zero-order chi connectivity index (χ0) is 17.0. The second-order valence-corrected chi connectivity index (χ2v) is 6.80. The molecule has 0 heterocycles. The number of Topliss-reactive ketones (excluding diaryl/α,β-unsaturated/α-hetero) is 1. The minimum atomic E-state index is 0.431. The molecule has 133 valence electrons. The molecule has 0 aliphatic heterocycles. The van der Waals surface area contributed by atoms with E-state index >= 15 is 0 Å². The average Bonchev–Trinajstić information content (AvgIpc) is 2.56. The standard InChI is InChI=1S/C20H38BO2/c1-2-3-4-5-6-7-8-9-10-11-13-16-20(23)17-14-12-15-18-21-19-22/h19H,2-18H2,1H3. The van der Waals surface area contributed by atoms with E-state index in [-0.39, 0.29) is 0 Å². The Hall–Kier alpha value is -0.595. The number of ketones is 1. The lowest BCUT2D eigenvalue weighted by molar-refractivity contribution is -0.119. The molecule has 0 unspecified atom stereocenters. The summed E-state index contributed by atoms with van der Waals surface area (Å²) >= 11 is 0. The normalized spacial score (nSPS) is 10.7. The topological polar surface area (TPSA) is 34.1 Å². The molecule has 23 heavy (non-hydrogen) atoms. The van der Waals surface area contributed by atoms with E-state index in [0.29, 0.717) is 5.78 Å². The number of rotatable bonds is 19. The molecule has 1 radical (unpaired) electrons. The van der Waals surface area contributed by atoms with Crippen molar-refractivity contribution in [3.8, 4) is 0 Å². The van der Waals surface area contributed by atoms with Crippen LogP contribution in [0.15, 0.2) is 0 Å². The Morgan fingerprint density at radius 1 is 0.696 bits per heavy atom. The van der Waals surface area contributed by atoms with Crippen molar-refractivity contribution in [3.63, 3.8) is 0 Å². The van der Waals surface area contributed by atoms with Crippen LogP contribution in [0.4, 0.5) is 0 Å². The number of hydrogen-bond donors (Lipinski definition) is 0. The van der Waals surface area contributed by atoms with Gasteiger partial charge >= 0.3 is 0 Å². The molecule has 0 fully saturated rings. The maximum Gasteiger partial charge on any atom is 0.197 e. The fraction of sp³-hybridized carbons (Fsp3) is 0.900. The van der Waals surface area contributed by atoms with E-state index in [9.17, 15) is 9.59 Å². The fourth-order valence-electron chi connectivity index (χ4n) is 2.94. The minimum absolute atomic E-state index is 0.431. The third-order valence-electron chi connectivity index (χ3n) is 4.48. The summed E-state index contributed by atoms with van der Waals surface area (Å²) in [6.07, 6.45) is 21.0. The van der Waals surface area contributed by atoms with E-state index in [0.717, 1.165) is 51.0 Å². The van der Waals surface area contributed by atoms with E-state index in [1.54, 1.807) is 7.28 Å². The molecular formula is C20H38BO2. The Kier molecular flexibility index (Phi) is 18.9. The lowest BCUT2D eigenvalue weighted by Gasteiger charge is -2.03. The highest BCUT2D eigenvalue weighted by Crippen LogP contribution is 2.13. The number of unbranched alkanes of at least 4 members (excludes halogenated alkanes) is 12. The second kappa shape index (κ2) is 19.5. The number of hydrogen-bond acceptors (Lipinski definition) is 2. The fourth-order valence-corrected chi connectivity index (χ4v) is 2.94. The van der Waals surface area contributed by atoms with E-state index in [1.807, 2.05) is 0 Å². The van der Waals surface area contributed by atoms with Crippen molar-refractivity contribution in [1.29, 1.82) is 0 Å². The van der Waals surface area contributed by atoms with Gasteiger partial charge in [-0.15, -0.1) is 0 Å². The number of carbonyl (C=O) groups excluding carboxylic acids is 2. The molecule has 0 saturated heterocycles. The first-order chi connectivity index (χ1) is 11.3. The van der Waals surface area contributed by atoms with Gasteiger partial charge in [0.1, 0.15) is 5.78 Å². The predicted octanol–water partition coefficient (Wildman–Crippen LogP) is 6.13. The van der Waals surface area contributed by atoms with Crippen LogP contribution in [0.5, 0.6) is 0 Å². The summed E-state index contributed by atoms with van der Waals surface area (Å²) in [4.78, 5) is 21.8. The Bertz CT molecular complexity index is 266. The van der Waals surface area contributed by atoms with Crippen molar-refractivity contribution >= 4 is 19.2 Å². The molecule has 0 saturated carbocycles. The summed E-state index contributed by atoms with van der Waals surface area (Å²) in [6, 6.07) is 0. The first-order valence-corrected chi connectivity index (χ1v) is 10.1.